The van der Waals surface area contributed by atoms with Crippen molar-refractivity contribution in [2.45, 2.75) is 12.8 Å². The Hall–Kier alpha value is -0.610. The first-order valence-electron chi connectivity index (χ1n) is 4.76. The van der Waals surface area contributed by atoms with Gasteiger partial charge in [-0.1, -0.05) is 0 Å². The highest BCUT2D eigenvalue weighted by molar-refractivity contribution is 5.85. The van der Waals surface area contributed by atoms with Gasteiger partial charge < -0.3 is 14.7 Å². The molecule has 0 atom stereocenters. The van der Waals surface area contributed by atoms with E-state index in [0.717, 1.165) is 12.8 Å². The predicted molar refractivity (Wildman–Crippen MR) is 46.2 cm³/mol. The molecule has 1 amide bonds. The van der Waals surface area contributed by atoms with Crippen molar-refractivity contribution in [3.8, 4) is 0 Å². The van der Waals surface area contributed by atoms with Crippen LogP contribution in [0.25, 0.3) is 0 Å². The number of aliphatic hydroxyl groups excluding tert-OH is 1. The van der Waals surface area contributed by atoms with E-state index in [1.54, 1.807) is 0 Å². The number of rotatable bonds is 2. The molecule has 0 unspecified atom stereocenters. The fourth-order valence-corrected chi connectivity index (χ4v) is 1.69. The smallest absolute Gasteiger partial charge is 0.231 e. The van der Waals surface area contributed by atoms with Crippen molar-refractivity contribution >= 4 is 5.91 Å². The molecule has 0 aromatic carbocycles. The van der Waals surface area contributed by atoms with Gasteiger partial charge in [0.2, 0.25) is 5.91 Å². The van der Waals surface area contributed by atoms with Gasteiger partial charge in [0.15, 0.2) is 0 Å². The Labute approximate surface area is 77.5 Å². The molecule has 2 aliphatic rings. The molecule has 4 heteroatoms. The van der Waals surface area contributed by atoms with E-state index in [0.29, 0.717) is 26.3 Å². The SMILES string of the molecule is O=C(N1CCOCC1)C1(CO)CC1. The zero-order chi connectivity index (χ0) is 9.31. The minimum absolute atomic E-state index is 0.00317. The van der Waals surface area contributed by atoms with Gasteiger partial charge in [0.1, 0.15) is 0 Å². The molecule has 0 radical (unpaired) electrons. The quantitative estimate of drug-likeness (QED) is 0.638. The van der Waals surface area contributed by atoms with Crippen LogP contribution in [0.4, 0.5) is 0 Å². The number of morpholine rings is 1. The average molecular weight is 185 g/mol. The molecule has 1 heterocycles. The van der Waals surface area contributed by atoms with Crippen LogP contribution in [0.5, 0.6) is 0 Å². The van der Waals surface area contributed by atoms with E-state index in [4.69, 9.17) is 9.84 Å². The summed E-state index contributed by atoms with van der Waals surface area (Å²) in [6.07, 6.45) is 1.69. The van der Waals surface area contributed by atoms with Crippen LogP contribution in [0.2, 0.25) is 0 Å². The van der Waals surface area contributed by atoms with Crippen LogP contribution in [-0.4, -0.2) is 48.8 Å². The van der Waals surface area contributed by atoms with Crippen LogP contribution < -0.4 is 0 Å². The van der Waals surface area contributed by atoms with Gasteiger partial charge in [0.25, 0.3) is 0 Å². The topological polar surface area (TPSA) is 49.8 Å². The van der Waals surface area contributed by atoms with E-state index >= 15 is 0 Å². The summed E-state index contributed by atoms with van der Waals surface area (Å²) in [5.74, 6) is 0.123. The third-order valence-electron chi connectivity index (χ3n) is 2.91. The predicted octanol–water partition coefficient (Wildman–Crippen LogP) is -0.382. The maximum absolute atomic E-state index is 11.8. The summed E-state index contributed by atoms with van der Waals surface area (Å²) in [5.41, 5.74) is -0.405. The van der Waals surface area contributed by atoms with Crippen molar-refractivity contribution < 1.29 is 14.6 Å². The lowest BCUT2D eigenvalue weighted by Crippen LogP contribution is -2.45. The van der Waals surface area contributed by atoms with Crippen molar-refractivity contribution in [2.24, 2.45) is 5.41 Å². The Morgan fingerprint density at radius 3 is 2.46 bits per heavy atom. The van der Waals surface area contributed by atoms with Gasteiger partial charge in [0, 0.05) is 13.1 Å². The maximum atomic E-state index is 11.8. The fraction of sp³-hybridized carbons (Fsp3) is 0.889. The average Bonchev–Trinajstić information content (AvgIpc) is 2.99. The first-order valence-corrected chi connectivity index (χ1v) is 4.76. The summed E-state index contributed by atoms with van der Waals surface area (Å²) >= 11 is 0. The Morgan fingerprint density at radius 2 is 2.00 bits per heavy atom. The Balaban J connectivity index is 1.95. The monoisotopic (exact) mass is 185 g/mol. The van der Waals surface area contributed by atoms with Gasteiger partial charge in [-0.3, -0.25) is 4.79 Å². The largest absolute Gasteiger partial charge is 0.395 e. The molecule has 2 fully saturated rings. The summed E-state index contributed by atoms with van der Waals surface area (Å²) in [5, 5.41) is 9.08. The summed E-state index contributed by atoms with van der Waals surface area (Å²) in [4.78, 5) is 13.6. The van der Waals surface area contributed by atoms with E-state index in [2.05, 4.69) is 0 Å². The molecule has 74 valence electrons. The normalized spacial score (nSPS) is 25.8. The van der Waals surface area contributed by atoms with Crippen LogP contribution >= 0.6 is 0 Å². The fourth-order valence-electron chi connectivity index (χ4n) is 1.69. The highest BCUT2D eigenvalue weighted by Gasteiger charge is 2.51. The number of carbonyl (C=O) groups excluding carboxylic acids is 1. The van der Waals surface area contributed by atoms with Gasteiger partial charge in [-0.2, -0.15) is 0 Å². The second kappa shape index (κ2) is 3.27. The summed E-state index contributed by atoms with van der Waals surface area (Å²) < 4.78 is 5.16. The van der Waals surface area contributed by atoms with E-state index in [-0.39, 0.29) is 12.5 Å². The lowest BCUT2D eigenvalue weighted by molar-refractivity contribution is -0.142. The molecule has 1 N–H and O–H groups in total. The van der Waals surface area contributed by atoms with Gasteiger partial charge in [0.05, 0.1) is 25.2 Å². The zero-order valence-electron chi connectivity index (χ0n) is 7.66. The third kappa shape index (κ3) is 1.56. The van der Waals surface area contributed by atoms with Crippen LogP contribution in [0.15, 0.2) is 0 Å². The van der Waals surface area contributed by atoms with Crippen molar-refractivity contribution in [3.05, 3.63) is 0 Å². The summed E-state index contributed by atoms with van der Waals surface area (Å²) in [6, 6.07) is 0. The van der Waals surface area contributed by atoms with Crippen molar-refractivity contribution in [3.63, 3.8) is 0 Å². The van der Waals surface area contributed by atoms with Gasteiger partial charge in [-0.25, -0.2) is 0 Å². The molecule has 0 bridgehead atoms. The van der Waals surface area contributed by atoms with E-state index < -0.39 is 5.41 Å². The number of hydrogen-bond donors (Lipinski definition) is 1. The molecule has 0 spiro atoms. The summed E-state index contributed by atoms with van der Waals surface area (Å²) in [6.45, 7) is 2.63. The minimum Gasteiger partial charge on any atom is -0.395 e. The van der Waals surface area contributed by atoms with Gasteiger partial charge in [-0.05, 0) is 12.8 Å². The lowest BCUT2D eigenvalue weighted by Gasteiger charge is -2.29. The molecule has 1 aliphatic heterocycles. The lowest BCUT2D eigenvalue weighted by atomic mass is 10.1. The first kappa shape index (κ1) is 8.97. The number of nitrogens with zero attached hydrogens (tertiary/aromatic N) is 1. The molecule has 1 saturated heterocycles. The molecule has 0 aromatic heterocycles. The molecular weight excluding hydrogens is 170 g/mol. The Morgan fingerprint density at radius 1 is 1.38 bits per heavy atom. The maximum Gasteiger partial charge on any atom is 0.231 e. The van der Waals surface area contributed by atoms with E-state index in [1.807, 2.05) is 4.90 Å². The second-order valence-corrected chi connectivity index (χ2v) is 3.84. The minimum atomic E-state index is -0.405. The zero-order valence-corrected chi connectivity index (χ0v) is 7.66. The molecule has 1 saturated carbocycles. The number of aliphatic hydroxyl groups is 1. The molecular formula is C9H15NO3. The Kier molecular flexibility index (Phi) is 2.26. The highest BCUT2D eigenvalue weighted by atomic mass is 16.5. The number of hydrogen-bond acceptors (Lipinski definition) is 3. The van der Waals surface area contributed by atoms with E-state index in [1.165, 1.54) is 0 Å². The standard InChI is InChI=1S/C9H15NO3/c11-7-9(1-2-9)8(12)10-3-5-13-6-4-10/h11H,1-7H2. The van der Waals surface area contributed by atoms with E-state index in [9.17, 15) is 4.79 Å². The molecule has 4 nitrogen and oxygen atoms in total. The summed E-state index contributed by atoms with van der Waals surface area (Å²) in [7, 11) is 0. The Bertz CT molecular complexity index is 207. The van der Waals surface area contributed by atoms with Crippen molar-refractivity contribution in [1.29, 1.82) is 0 Å². The molecule has 2 rings (SSSR count). The molecule has 0 aromatic rings. The van der Waals surface area contributed by atoms with Crippen LogP contribution in [0.1, 0.15) is 12.8 Å². The number of ether oxygens (including phenoxy) is 1. The van der Waals surface area contributed by atoms with Crippen LogP contribution in [-0.2, 0) is 9.53 Å². The second-order valence-electron chi connectivity index (χ2n) is 3.84. The van der Waals surface area contributed by atoms with Gasteiger partial charge >= 0.3 is 0 Å². The highest BCUT2D eigenvalue weighted by Crippen LogP contribution is 2.46. The van der Waals surface area contributed by atoms with Crippen LogP contribution in [0.3, 0.4) is 0 Å². The van der Waals surface area contributed by atoms with Crippen molar-refractivity contribution in [1.82, 2.24) is 4.90 Å². The third-order valence-corrected chi connectivity index (χ3v) is 2.91. The van der Waals surface area contributed by atoms with Crippen LogP contribution in [0, 0.1) is 5.41 Å². The molecule has 1 aliphatic carbocycles. The number of carbonyl (C=O) groups is 1. The number of amides is 1. The van der Waals surface area contributed by atoms with Crippen molar-refractivity contribution in [2.75, 3.05) is 32.9 Å². The van der Waals surface area contributed by atoms with Gasteiger partial charge in [-0.15, -0.1) is 0 Å². The molecule has 13 heavy (non-hydrogen) atoms. The first-order chi connectivity index (χ1) is 6.28.